The molecule has 0 amide bonds. The molecule has 0 radical (unpaired) electrons. The average Bonchev–Trinajstić information content (AvgIpc) is 2.81. The summed E-state index contributed by atoms with van der Waals surface area (Å²) in [5.74, 6) is 2.64. The average molecular weight is 499 g/mol. The van der Waals surface area contributed by atoms with E-state index in [0.29, 0.717) is 35.5 Å². The summed E-state index contributed by atoms with van der Waals surface area (Å²) in [4.78, 5) is 25.4. The Labute approximate surface area is 220 Å². The van der Waals surface area contributed by atoms with Crippen molar-refractivity contribution in [3.05, 3.63) is 35.5 Å². The minimum absolute atomic E-state index is 0.0116. The van der Waals surface area contributed by atoms with Gasteiger partial charge in [0.25, 0.3) is 0 Å². The van der Waals surface area contributed by atoms with Gasteiger partial charge in [-0.3, -0.25) is 0 Å². The van der Waals surface area contributed by atoms with Gasteiger partial charge in [-0.25, -0.2) is 9.59 Å². The third kappa shape index (κ3) is 8.35. The fraction of sp³-hybridized carbons (Fsp3) is 0.750. The highest BCUT2D eigenvalue weighted by atomic mass is 16.5. The number of allylic oxidation sites excluding steroid dienone is 4. The van der Waals surface area contributed by atoms with Crippen LogP contribution in [-0.4, -0.2) is 24.1 Å². The fourth-order valence-corrected chi connectivity index (χ4v) is 6.55. The Morgan fingerprint density at radius 3 is 1.44 bits per heavy atom. The molecule has 3 aliphatic carbocycles. The molecule has 4 nitrogen and oxygen atoms in total. The smallest absolute Gasteiger partial charge is 0.331 e. The van der Waals surface area contributed by atoms with E-state index in [1.807, 2.05) is 12.2 Å². The SMILES string of the molecule is CC(C)[C@@H]1CC[C@@H](C)C[C@H]1OC(=O)/C=C/C1=C(/C=C/C(=O)O[C@@H]2C[C@H](C)CC[C@H]2C(C)C)CCCC1. The third-order valence-electron chi connectivity index (χ3n) is 8.85. The molecule has 36 heavy (non-hydrogen) atoms. The van der Waals surface area contributed by atoms with Gasteiger partial charge in [0.2, 0.25) is 0 Å². The van der Waals surface area contributed by atoms with Gasteiger partial charge in [-0.15, -0.1) is 0 Å². The van der Waals surface area contributed by atoms with Gasteiger partial charge in [0.1, 0.15) is 12.2 Å². The molecule has 6 atom stereocenters. The molecule has 0 aromatic carbocycles. The van der Waals surface area contributed by atoms with Crippen LogP contribution < -0.4 is 0 Å². The largest absolute Gasteiger partial charge is 0.459 e. The second-order valence-electron chi connectivity index (χ2n) is 12.5. The van der Waals surface area contributed by atoms with Gasteiger partial charge < -0.3 is 9.47 Å². The number of ether oxygens (including phenoxy) is 2. The lowest BCUT2D eigenvalue weighted by Gasteiger charge is -2.36. The second-order valence-corrected chi connectivity index (χ2v) is 12.5. The molecule has 0 bridgehead atoms. The van der Waals surface area contributed by atoms with Crippen LogP contribution >= 0.6 is 0 Å². The maximum Gasteiger partial charge on any atom is 0.331 e. The normalized spacial score (nSPS) is 32.0. The van der Waals surface area contributed by atoms with Crippen molar-refractivity contribution in [2.75, 3.05) is 0 Å². The van der Waals surface area contributed by atoms with Crippen LogP contribution in [0, 0.1) is 35.5 Å². The van der Waals surface area contributed by atoms with Crippen LogP contribution in [0.2, 0.25) is 0 Å². The number of carbonyl (C=O) groups is 2. The summed E-state index contributed by atoms with van der Waals surface area (Å²) in [5, 5.41) is 0. The number of esters is 2. The molecule has 0 heterocycles. The predicted molar refractivity (Wildman–Crippen MR) is 146 cm³/mol. The maximum atomic E-state index is 12.7. The predicted octanol–water partition coefficient (Wildman–Crippen LogP) is 7.98. The molecular weight excluding hydrogens is 448 g/mol. The number of hydrogen-bond donors (Lipinski definition) is 0. The van der Waals surface area contributed by atoms with E-state index in [1.165, 1.54) is 12.8 Å². The van der Waals surface area contributed by atoms with Crippen LogP contribution in [0.25, 0.3) is 0 Å². The molecule has 2 saturated carbocycles. The van der Waals surface area contributed by atoms with Gasteiger partial charge in [-0.05, 0) is 98.0 Å². The highest BCUT2D eigenvalue weighted by Crippen LogP contribution is 2.36. The van der Waals surface area contributed by atoms with E-state index < -0.39 is 0 Å². The topological polar surface area (TPSA) is 52.6 Å². The molecule has 4 heteroatoms. The van der Waals surface area contributed by atoms with Gasteiger partial charge >= 0.3 is 11.9 Å². The first-order valence-electron chi connectivity index (χ1n) is 14.6. The van der Waals surface area contributed by atoms with E-state index in [2.05, 4.69) is 41.5 Å². The van der Waals surface area contributed by atoms with Gasteiger partial charge in [0, 0.05) is 12.2 Å². The fourth-order valence-electron chi connectivity index (χ4n) is 6.55. The van der Waals surface area contributed by atoms with Crippen molar-refractivity contribution >= 4 is 11.9 Å². The monoisotopic (exact) mass is 498 g/mol. The van der Waals surface area contributed by atoms with Crippen LogP contribution in [0.15, 0.2) is 35.5 Å². The Morgan fingerprint density at radius 2 is 1.08 bits per heavy atom. The molecule has 0 aromatic rings. The molecule has 0 saturated heterocycles. The molecule has 202 valence electrons. The molecule has 3 aliphatic rings. The first kappa shape index (κ1) is 28.7. The number of rotatable bonds is 8. The zero-order valence-electron chi connectivity index (χ0n) is 23.6. The van der Waals surface area contributed by atoms with Crippen molar-refractivity contribution < 1.29 is 19.1 Å². The van der Waals surface area contributed by atoms with Crippen molar-refractivity contribution in [1.82, 2.24) is 0 Å². The van der Waals surface area contributed by atoms with Crippen molar-refractivity contribution in [1.29, 1.82) is 0 Å². The molecular formula is C32H50O4. The molecule has 3 rings (SSSR count). The quantitative estimate of drug-likeness (QED) is 0.251. The standard InChI is InChI=1S/C32H50O4/c1-21(2)27-15-11-23(5)19-29(27)35-31(33)17-13-25-9-7-8-10-26(25)14-18-32(34)36-30-20-24(6)12-16-28(30)22(3)4/h13-14,17-18,21-24,27-30H,7-12,15-16,19-20H2,1-6H3/b17-13+,18-14+/t23-,24-,27+,28+,29-,30-/m1/s1. The van der Waals surface area contributed by atoms with Crippen molar-refractivity contribution in [2.24, 2.45) is 35.5 Å². The van der Waals surface area contributed by atoms with Crippen LogP contribution in [0.5, 0.6) is 0 Å². The lowest BCUT2D eigenvalue weighted by atomic mass is 9.75. The summed E-state index contributed by atoms with van der Waals surface area (Å²) in [5.41, 5.74) is 2.26. The zero-order chi connectivity index (χ0) is 26.2. The van der Waals surface area contributed by atoms with Gasteiger partial charge in [0.15, 0.2) is 0 Å². The van der Waals surface area contributed by atoms with E-state index in [1.54, 1.807) is 12.2 Å². The highest BCUT2D eigenvalue weighted by Gasteiger charge is 2.34. The lowest BCUT2D eigenvalue weighted by molar-refractivity contribution is -0.150. The van der Waals surface area contributed by atoms with Crippen LogP contribution in [0.3, 0.4) is 0 Å². The highest BCUT2D eigenvalue weighted by molar-refractivity contribution is 5.83. The van der Waals surface area contributed by atoms with Gasteiger partial charge in [-0.2, -0.15) is 0 Å². The first-order chi connectivity index (χ1) is 17.1. The lowest BCUT2D eigenvalue weighted by Crippen LogP contribution is -2.35. The van der Waals surface area contributed by atoms with Crippen molar-refractivity contribution in [3.63, 3.8) is 0 Å². The molecule has 2 fully saturated rings. The molecule has 0 N–H and O–H groups in total. The minimum atomic E-state index is -0.244. The van der Waals surface area contributed by atoms with Gasteiger partial charge in [0.05, 0.1) is 0 Å². The summed E-state index contributed by atoms with van der Waals surface area (Å²) in [6, 6.07) is 0. The Kier molecular flexibility index (Phi) is 10.9. The second kappa shape index (κ2) is 13.6. The van der Waals surface area contributed by atoms with E-state index in [0.717, 1.165) is 62.5 Å². The third-order valence-corrected chi connectivity index (χ3v) is 8.85. The molecule has 0 unspecified atom stereocenters. The van der Waals surface area contributed by atoms with Crippen LogP contribution in [-0.2, 0) is 19.1 Å². The summed E-state index contributed by atoms with van der Waals surface area (Å²) in [6.45, 7) is 13.4. The summed E-state index contributed by atoms with van der Waals surface area (Å²) in [6.07, 6.45) is 17.7. The summed E-state index contributed by atoms with van der Waals surface area (Å²) in [7, 11) is 0. The molecule has 0 aromatic heterocycles. The Hall–Kier alpha value is -1.84. The Morgan fingerprint density at radius 1 is 0.694 bits per heavy atom. The van der Waals surface area contributed by atoms with E-state index >= 15 is 0 Å². The van der Waals surface area contributed by atoms with Crippen molar-refractivity contribution in [2.45, 2.75) is 118 Å². The first-order valence-corrected chi connectivity index (χ1v) is 14.6. The Bertz CT molecular complexity index is 765. The maximum absolute atomic E-state index is 12.7. The van der Waals surface area contributed by atoms with Crippen LogP contribution in [0.1, 0.15) is 106 Å². The molecule has 0 spiro atoms. The van der Waals surface area contributed by atoms with Crippen LogP contribution in [0.4, 0.5) is 0 Å². The summed E-state index contributed by atoms with van der Waals surface area (Å²) < 4.78 is 11.9. The van der Waals surface area contributed by atoms with E-state index in [-0.39, 0.29) is 24.1 Å². The Balaban J connectivity index is 1.62. The van der Waals surface area contributed by atoms with E-state index in [9.17, 15) is 9.59 Å². The van der Waals surface area contributed by atoms with Gasteiger partial charge in [-0.1, -0.05) is 66.5 Å². The molecule has 0 aliphatic heterocycles. The number of carbonyl (C=O) groups excluding carboxylic acids is 2. The minimum Gasteiger partial charge on any atom is -0.459 e. The summed E-state index contributed by atoms with van der Waals surface area (Å²) >= 11 is 0. The van der Waals surface area contributed by atoms with E-state index in [4.69, 9.17) is 9.47 Å². The zero-order valence-corrected chi connectivity index (χ0v) is 23.6. The van der Waals surface area contributed by atoms with Crippen molar-refractivity contribution in [3.8, 4) is 0 Å². The number of hydrogen-bond acceptors (Lipinski definition) is 4.